The minimum Gasteiger partial charge on any atom is -0.350 e. The Labute approximate surface area is 202 Å². The minimum atomic E-state index is -4.61. The highest BCUT2D eigenvalue weighted by Crippen LogP contribution is 2.59. The van der Waals surface area contributed by atoms with E-state index in [1.807, 2.05) is 0 Å². The van der Waals surface area contributed by atoms with E-state index in [-0.39, 0.29) is 29.5 Å². The van der Waals surface area contributed by atoms with Crippen LogP contribution in [0.4, 0.5) is 13.2 Å². The van der Waals surface area contributed by atoms with Crippen LogP contribution >= 0.6 is 10.0 Å². The van der Waals surface area contributed by atoms with E-state index >= 15 is 0 Å². The van der Waals surface area contributed by atoms with Crippen molar-refractivity contribution >= 4 is 27.7 Å². The van der Waals surface area contributed by atoms with E-state index in [2.05, 4.69) is 21.7 Å². The van der Waals surface area contributed by atoms with Crippen LogP contribution in [0.5, 0.6) is 0 Å². The molecule has 8 nitrogen and oxygen atoms in total. The monoisotopic (exact) mass is 511 g/mol. The van der Waals surface area contributed by atoms with Crippen molar-refractivity contribution in [3.05, 3.63) is 23.5 Å². The zero-order valence-corrected chi connectivity index (χ0v) is 19.9. The topological polar surface area (TPSA) is 118 Å². The highest BCUT2D eigenvalue weighted by Gasteiger charge is 2.53. The molecule has 0 radical (unpaired) electrons. The largest absolute Gasteiger partial charge is 0.431 e. The van der Waals surface area contributed by atoms with Gasteiger partial charge in [0, 0.05) is 17.2 Å². The van der Waals surface area contributed by atoms with Gasteiger partial charge in [0.15, 0.2) is 0 Å². The third-order valence-electron chi connectivity index (χ3n) is 7.73. The Hall–Kier alpha value is -2.68. The molecule has 190 valence electrons. The molecule has 4 heterocycles. The third kappa shape index (κ3) is 4.62. The number of alkyl halides is 3. The first kappa shape index (κ1) is 24.0. The van der Waals surface area contributed by atoms with Crippen LogP contribution in [0.1, 0.15) is 54.7 Å². The summed E-state index contributed by atoms with van der Waals surface area (Å²) in [5.74, 6) is 1.12. The summed E-state index contributed by atoms with van der Waals surface area (Å²) in [6.07, 6.45) is 0.103. The number of carbonyl (C=O) groups excluding carboxylic acids is 3. The normalized spacial score (nSPS) is 28.1. The van der Waals surface area contributed by atoms with Crippen molar-refractivity contribution in [1.82, 2.24) is 20.5 Å². The quantitative estimate of drug-likeness (QED) is 0.563. The lowest BCUT2D eigenvalue weighted by Crippen LogP contribution is -2.50. The van der Waals surface area contributed by atoms with Crippen LogP contribution < -0.4 is 10.6 Å². The lowest BCUT2D eigenvalue weighted by atomic mass is 9.96. The summed E-state index contributed by atoms with van der Waals surface area (Å²) in [5, 5.41) is 15.4. The van der Waals surface area contributed by atoms with Crippen molar-refractivity contribution in [2.75, 3.05) is 23.1 Å². The van der Waals surface area contributed by atoms with Crippen molar-refractivity contribution in [1.29, 1.82) is 5.26 Å². The summed E-state index contributed by atoms with van der Waals surface area (Å²) in [5.41, 5.74) is -1.36. The van der Waals surface area contributed by atoms with Crippen LogP contribution in [0.2, 0.25) is 0 Å². The number of aromatic amines is 1. The number of halogens is 3. The number of H-pyrrole nitrogens is 1. The predicted molar refractivity (Wildman–Crippen MR) is 122 cm³/mol. The molecule has 1 aliphatic carbocycles. The zero-order chi connectivity index (χ0) is 25.0. The van der Waals surface area contributed by atoms with Gasteiger partial charge in [-0.25, -0.2) is 10.0 Å². The van der Waals surface area contributed by atoms with Gasteiger partial charge in [0.1, 0.15) is 23.5 Å². The standard InChI is InChI=1S/C23H28F3N5O3S/c24-23(25,26)18-4-3-16(29-18)21(34)31-13-35(7-1-2-8-35)12-17(31)20(33)28-15(11-27)9-14-10-22(5-6-22)30-19(14)32/h3-4,14-15,17,29H,1-2,5-10,12-13H2,(H,28,33)(H,30,32)/t14-,15+,17+/m1/s1. The lowest BCUT2D eigenvalue weighted by Gasteiger charge is -2.29. The molecule has 4 aliphatic rings. The van der Waals surface area contributed by atoms with Crippen LogP contribution in [0.25, 0.3) is 0 Å². The number of nitrogens with one attached hydrogen (secondary N) is 3. The first-order valence-electron chi connectivity index (χ1n) is 11.9. The van der Waals surface area contributed by atoms with Gasteiger partial charge in [-0.1, -0.05) is 0 Å². The number of carbonyl (C=O) groups is 3. The number of nitrogens with zero attached hydrogens (tertiary/aromatic N) is 2. The molecule has 12 heteroatoms. The Morgan fingerprint density at radius 2 is 2.00 bits per heavy atom. The highest BCUT2D eigenvalue weighted by molar-refractivity contribution is 8.34. The van der Waals surface area contributed by atoms with E-state index < -0.39 is 45.8 Å². The Kier molecular flexibility index (Phi) is 5.81. The molecule has 35 heavy (non-hydrogen) atoms. The van der Waals surface area contributed by atoms with Crippen molar-refractivity contribution < 1.29 is 27.6 Å². The molecule has 3 N–H and O–H groups in total. The second-order valence-electron chi connectivity index (χ2n) is 10.3. The molecule has 3 amide bonds. The molecule has 2 spiro atoms. The number of hydrogen-bond acceptors (Lipinski definition) is 4. The van der Waals surface area contributed by atoms with Gasteiger partial charge < -0.3 is 20.5 Å². The first-order valence-corrected chi connectivity index (χ1v) is 14.2. The molecule has 3 aliphatic heterocycles. The van der Waals surface area contributed by atoms with Crippen LogP contribution in [0.15, 0.2) is 12.1 Å². The molecule has 3 atom stereocenters. The van der Waals surface area contributed by atoms with Crippen molar-refractivity contribution in [2.45, 2.75) is 62.3 Å². The maximum atomic E-state index is 13.3. The zero-order valence-electron chi connectivity index (χ0n) is 19.1. The highest BCUT2D eigenvalue weighted by atomic mass is 32.3. The van der Waals surface area contributed by atoms with E-state index in [0.29, 0.717) is 18.1 Å². The fraction of sp³-hybridized carbons (Fsp3) is 0.652. The number of aromatic nitrogens is 1. The minimum absolute atomic E-state index is 0.101. The molecular formula is C23H28F3N5O3S. The van der Waals surface area contributed by atoms with Gasteiger partial charge in [0.05, 0.1) is 11.9 Å². The van der Waals surface area contributed by atoms with Crippen molar-refractivity contribution in [2.24, 2.45) is 5.92 Å². The van der Waals surface area contributed by atoms with E-state index in [4.69, 9.17) is 0 Å². The van der Waals surface area contributed by atoms with Crippen LogP contribution in [-0.4, -0.2) is 68.4 Å². The first-order chi connectivity index (χ1) is 16.5. The van der Waals surface area contributed by atoms with Gasteiger partial charge in [-0.3, -0.25) is 14.4 Å². The molecule has 5 rings (SSSR count). The van der Waals surface area contributed by atoms with Gasteiger partial charge in [0.25, 0.3) is 5.91 Å². The molecule has 1 aromatic rings. The second kappa shape index (κ2) is 8.47. The molecule has 0 aromatic carbocycles. The predicted octanol–water partition coefficient (Wildman–Crippen LogP) is 2.48. The Balaban J connectivity index is 1.31. The average molecular weight is 512 g/mol. The summed E-state index contributed by atoms with van der Waals surface area (Å²) >= 11 is 0. The van der Waals surface area contributed by atoms with Gasteiger partial charge >= 0.3 is 6.18 Å². The Morgan fingerprint density at radius 1 is 1.29 bits per heavy atom. The molecule has 0 unspecified atom stereocenters. The SMILES string of the molecule is N#C[C@H](C[C@@H]1CC2(CC2)NC1=O)NC(=O)[C@@H]1CS2(CCCC2)CN1C(=O)c1ccc(C(F)(F)F)[nH]1. The van der Waals surface area contributed by atoms with Gasteiger partial charge in [0.2, 0.25) is 11.8 Å². The Bertz CT molecular complexity index is 1090. The maximum Gasteiger partial charge on any atom is 0.431 e. The molecule has 4 fully saturated rings. The van der Waals surface area contributed by atoms with Crippen LogP contribution in [0, 0.1) is 17.2 Å². The van der Waals surface area contributed by atoms with E-state index in [9.17, 15) is 32.8 Å². The van der Waals surface area contributed by atoms with Crippen molar-refractivity contribution in [3.63, 3.8) is 0 Å². The third-order valence-corrected chi connectivity index (χ3v) is 11.9. The van der Waals surface area contributed by atoms with E-state index in [1.165, 1.54) is 4.90 Å². The Morgan fingerprint density at radius 3 is 2.57 bits per heavy atom. The number of rotatable bonds is 5. The fourth-order valence-corrected chi connectivity index (χ4v) is 10.1. The van der Waals surface area contributed by atoms with E-state index in [0.717, 1.165) is 49.3 Å². The lowest BCUT2D eigenvalue weighted by molar-refractivity contribution is -0.140. The van der Waals surface area contributed by atoms with E-state index in [1.54, 1.807) is 0 Å². The molecule has 0 bridgehead atoms. The summed E-state index contributed by atoms with van der Waals surface area (Å²) in [7, 11) is -1.26. The van der Waals surface area contributed by atoms with Crippen LogP contribution in [-0.2, 0) is 15.8 Å². The second-order valence-corrected chi connectivity index (χ2v) is 14.2. The summed E-state index contributed by atoms with van der Waals surface area (Å²) < 4.78 is 39.1. The van der Waals surface area contributed by atoms with Gasteiger partial charge in [-0.05, 0) is 62.2 Å². The number of amides is 3. The fourth-order valence-electron chi connectivity index (χ4n) is 5.68. The van der Waals surface area contributed by atoms with Crippen molar-refractivity contribution in [3.8, 4) is 6.07 Å². The van der Waals surface area contributed by atoms with Gasteiger partial charge in [-0.2, -0.15) is 18.4 Å². The van der Waals surface area contributed by atoms with Crippen LogP contribution in [0.3, 0.4) is 0 Å². The average Bonchev–Trinajstić information content (AvgIpc) is 3.27. The maximum absolute atomic E-state index is 13.3. The summed E-state index contributed by atoms with van der Waals surface area (Å²) in [6, 6.07) is 2.25. The smallest absolute Gasteiger partial charge is 0.350 e. The van der Waals surface area contributed by atoms with Gasteiger partial charge in [-0.15, -0.1) is 0 Å². The number of nitriles is 1. The molecular weight excluding hydrogens is 483 g/mol. The molecule has 1 aromatic heterocycles. The molecule has 3 saturated heterocycles. The summed E-state index contributed by atoms with van der Waals surface area (Å²) in [6.45, 7) is 0. The molecule has 1 saturated carbocycles. The number of hydrogen-bond donors (Lipinski definition) is 3. The summed E-state index contributed by atoms with van der Waals surface area (Å²) in [4.78, 5) is 42.4.